The van der Waals surface area contributed by atoms with Crippen molar-refractivity contribution in [1.29, 1.82) is 0 Å². The summed E-state index contributed by atoms with van der Waals surface area (Å²) in [5.41, 5.74) is 0.645. The molecule has 1 unspecified atom stereocenters. The fourth-order valence-corrected chi connectivity index (χ4v) is 7.60. The van der Waals surface area contributed by atoms with Crippen molar-refractivity contribution >= 4 is 31.5 Å². The molecule has 180 valence electrons. The van der Waals surface area contributed by atoms with Crippen molar-refractivity contribution in [1.82, 2.24) is 9.21 Å². The smallest absolute Gasteiger partial charge is 0.243 e. The first-order chi connectivity index (χ1) is 15.0. The number of anilines is 1. The average Bonchev–Trinajstić information content (AvgIpc) is 3.11. The summed E-state index contributed by atoms with van der Waals surface area (Å²) in [6.07, 6.45) is 5.60. The number of nitrogens with zero attached hydrogens (tertiary/aromatic N) is 2. The lowest BCUT2D eigenvalue weighted by Gasteiger charge is -2.38. The van der Waals surface area contributed by atoms with Gasteiger partial charge in [0.05, 0.1) is 22.9 Å². The van der Waals surface area contributed by atoms with Gasteiger partial charge in [0.25, 0.3) is 0 Å². The molecule has 1 aliphatic carbocycles. The lowest BCUT2D eigenvalue weighted by Crippen LogP contribution is -2.50. The molecule has 1 heterocycles. The zero-order chi connectivity index (χ0) is 23.5. The summed E-state index contributed by atoms with van der Waals surface area (Å²) < 4.78 is 50.6. The number of sulfonamides is 1. The highest BCUT2D eigenvalue weighted by atomic mass is 32.2. The van der Waals surface area contributed by atoms with Crippen LogP contribution in [0.4, 0.5) is 5.69 Å². The van der Waals surface area contributed by atoms with Gasteiger partial charge in [0, 0.05) is 30.9 Å². The van der Waals surface area contributed by atoms with E-state index in [9.17, 15) is 21.6 Å². The Labute approximate surface area is 192 Å². The van der Waals surface area contributed by atoms with Crippen LogP contribution in [0.1, 0.15) is 52.4 Å². The standard InChI is InChI=1S/C22H35N3O5S2/c1-17(2)24(3)32(29,30)21-11-9-18(10-12-21)23-15-22(26)25(19-7-5-4-6-8-19)20-13-14-31(27,28)16-20/h9-12,17,19-20,23H,4-8,13-16H2,1-3H3. The van der Waals surface area contributed by atoms with Crippen molar-refractivity contribution < 1.29 is 21.6 Å². The molecule has 0 radical (unpaired) electrons. The summed E-state index contributed by atoms with van der Waals surface area (Å²) in [4.78, 5) is 15.2. The lowest BCUT2D eigenvalue weighted by atomic mass is 9.93. The van der Waals surface area contributed by atoms with E-state index < -0.39 is 19.9 Å². The van der Waals surface area contributed by atoms with Crippen LogP contribution < -0.4 is 5.32 Å². The molecule has 10 heteroatoms. The van der Waals surface area contributed by atoms with Gasteiger partial charge in [-0.05, 0) is 57.4 Å². The van der Waals surface area contributed by atoms with E-state index in [-0.39, 0.29) is 47.0 Å². The van der Waals surface area contributed by atoms with Gasteiger partial charge in [-0.25, -0.2) is 16.8 Å². The summed E-state index contributed by atoms with van der Waals surface area (Å²) in [6, 6.07) is 6.05. The maximum absolute atomic E-state index is 13.2. The number of amides is 1. The Hall–Kier alpha value is -1.65. The molecule has 32 heavy (non-hydrogen) atoms. The quantitative estimate of drug-likeness (QED) is 0.607. The number of rotatable bonds is 8. The van der Waals surface area contributed by atoms with Crippen molar-refractivity contribution in [3.05, 3.63) is 24.3 Å². The van der Waals surface area contributed by atoms with Crippen LogP contribution >= 0.6 is 0 Å². The van der Waals surface area contributed by atoms with Gasteiger partial charge in [-0.1, -0.05) is 19.3 Å². The third-order valence-electron chi connectivity index (χ3n) is 6.56. The summed E-state index contributed by atoms with van der Waals surface area (Å²) in [6.45, 7) is 3.67. The predicted octanol–water partition coefficient (Wildman–Crippen LogP) is 2.48. The van der Waals surface area contributed by atoms with Crippen LogP contribution in [-0.2, 0) is 24.7 Å². The highest BCUT2D eigenvalue weighted by Crippen LogP contribution is 2.28. The van der Waals surface area contributed by atoms with E-state index in [4.69, 9.17) is 0 Å². The largest absolute Gasteiger partial charge is 0.376 e. The Balaban J connectivity index is 1.68. The molecule has 0 bridgehead atoms. The van der Waals surface area contributed by atoms with Crippen LogP contribution in [0.2, 0.25) is 0 Å². The number of sulfone groups is 1. The third kappa shape index (κ3) is 5.82. The van der Waals surface area contributed by atoms with Gasteiger partial charge in [-0.3, -0.25) is 4.79 Å². The van der Waals surface area contributed by atoms with Crippen LogP contribution in [-0.4, -0.2) is 75.2 Å². The second kappa shape index (κ2) is 10.1. The third-order valence-corrected chi connectivity index (χ3v) is 10.4. The Morgan fingerprint density at radius 3 is 2.22 bits per heavy atom. The molecule has 2 fully saturated rings. The van der Waals surface area contributed by atoms with Gasteiger partial charge in [0.1, 0.15) is 0 Å². The van der Waals surface area contributed by atoms with E-state index in [1.165, 1.54) is 16.4 Å². The number of hydrogen-bond acceptors (Lipinski definition) is 6. The number of carbonyl (C=O) groups excluding carboxylic acids is 1. The van der Waals surface area contributed by atoms with Crippen molar-refractivity contribution in [2.24, 2.45) is 0 Å². The molecular weight excluding hydrogens is 450 g/mol. The van der Waals surface area contributed by atoms with Gasteiger partial charge in [0.2, 0.25) is 15.9 Å². The Bertz CT molecular complexity index is 1000. The Kier molecular flexibility index (Phi) is 7.88. The van der Waals surface area contributed by atoms with Gasteiger partial charge in [0.15, 0.2) is 9.84 Å². The lowest BCUT2D eigenvalue weighted by molar-refractivity contribution is -0.134. The highest BCUT2D eigenvalue weighted by molar-refractivity contribution is 7.91. The van der Waals surface area contributed by atoms with Gasteiger partial charge in [-0.2, -0.15) is 4.31 Å². The van der Waals surface area contributed by atoms with Crippen LogP contribution in [0.15, 0.2) is 29.2 Å². The monoisotopic (exact) mass is 485 g/mol. The van der Waals surface area contributed by atoms with Crippen LogP contribution in [0, 0.1) is 0 Å². The first-order valence-electron chi connectivity index (χ1n) is 11.3. The van der Waals surface area contributed by atoms with E-state index >= 15 is 0 Å². The maximum Gasteiger partial charge on any atom is 0.243 e. The number of benzene rings is 1. The summed E-state index contributed by atoms with van der Waals surface area (Å²) >= 11 is 0. The normalized spacial score (nSPS) is 21.7. The number of hydrogen-bond donors (Lipinski definition) is 1. The molecule has 1 amide bonds. The maximum atomic E-state index is 13.2. The van der Waals surface area contributed by atoms with E-state index in [0.29, 0.717) is 12.1 Å². The second-order valence-corrected chi connectivity index (χ2v) is 13.4. The molecule has 3 rings (SSSR count). The molecule has 8 nitrogen and oxygen atoms in total. The second-order valence-electron chi connectivity index (χ2n) is 9.14. The first-order valence-corrected chi connectivity index (χ1v) is 14.6. The van der Waals surface area contributed by atoms with Crippen molar-refractivity contribution in [2.75, 3.05) is 30.4 Å². The van der Waals surface area contributed by atoms with Crippen LogP contribution in [0.25, 0.3) is 0 Å². The molecule has 1 atom stereocenters. The summed E-state index contributed by atoms with van der Waals surface area (Å²) in [5, 5.41) is 3.09. The van der Waals surface area contributed by atoms with Crippen LogP contribution in [0.3, 0.4) is 0 Å². The highest BCUT2D eigenvalue weighted by Gasteiger charge is 2.38. The van der Waals surface area contributed by atoms with Crippen LogP contribution in [0.5, 0.6) is 0 Å². The minimum Gasteiger partial charge on any atom is -0.376 e. The molecule has 1 N–H and O–H groups in total. The molecule has 1 aliphatic heterocycles. The van der Waals surface area contributed by atoms with E-state index in [2.05, 4.69) is 5.32 Å². The fraction of sp³-hybridized carbons (Fsp3) is 0.682. The Morgan fingerprint density at radius 2 is 1.69 bits per heavy atom. The molecule has 0 aromatic heterocycles. The van der Waals surface area contributed by atoms with E-state index in [1.807, 2.05) is 18.7 Å². The number of carbonyl (C=O) groups is 1. The fourth-order valence-electron chi connectivity index (χ4n) is 4.52. The van der Waals surface area contributed by atoms with Crippen molar-refractivity contribution in [3.63, 3.8) is 0 Å². The van der Waals surface area contributed by atoms with Crippen molar-refractivity contribution in [3.8, 4) is 0 Å². The van der Waals surface area contributed by atoms with Gasteiger partial charge in [-0.15, -0.1) is 0 Å². The zero-order valence-electron chi connectivity index (χ0n) is 19.2. The van der Waals surface area contributed by atoms with Crippen molar-refractivity contribution in [2.45, 2.75) is 75.4 Å². The topological polar surface area (TPSA) is 104 Å². The molecule has 1 saturated heterocycles. The first kappa shape index (κ1) is 25.0. The molecule has 1 aromatic carbocycles. The molecular formula is C22H35N3O5S2. The Morgan fingerprint density at radius 1 is 1.06 bits per heavy atom. The molecule has 0 spiro atoms. The zero-order valence-corrected chi connectivity index (χ0v) is 20.8. The summed E-state index contributed by atoms with van der Waals surface area (Å²) in [7, 11) is -5.10. The van der Waals surface area contributed by atoms with E-state index in [0.717, 1.165) is 32.1 Å². The average molecular weight is 486 g/mol. The number of nitrogens with one attached hydrogen (secondary N) is 1. The van der Waals surface area contributed by atoms with Gasteiger partial charge >= 0.3 is 0 Å². The SMILES string of the molecule is CC(C)N(C)S(=O)(=O)c1ccc(NCC(=O)N(C2CCCCC2)C2CCS(=O)(=O)C2)cc1. The van der Waals surface area contributed by atoms with E-state index in [1.54, 1.807) is 19.2 Å². The molecule has 1 saturated carbocycles. The minimum absolute atomic E-state index is 0.0467. The summed E-state index contributed by atoms with van der Waals surface area (Å²) in [5.74, 6) is 0.0864. The predicted molar refractivity (Wildman–Crippen MR) is 126 cm³/mol. The van der Waals surface area contributed by atoms with Gasteiger partial charge < -0.3 is 10.2 Å². The molecule has 1 aromatic rings. The minimum atomic E-state index is -3.56. The molecule has 2 aliphatic rings.